The maximum absolute atomic E-state index is 2.30. The van der Waals surface area contributed by atoms with Gasteiger partial charge >= 0.3 is 0 Å². The molecule has 0 heteroatoms. The van der Waals surface area contributed by atoms with Gasteiger partial charge in [-0.15, -0.1) is 0 Å². The van der Waals surface area contributed by atoms with Crippen LogP contribution in [0, 0.1) is 0 Å². The maximum atomic E-state index is 2.30. The first-order valence-corrected chi connectivity index (χ1v) is 7.55. The summed E-state index contributed by atoms with van der Waals surface area (Å²) in [4.78, 5) is 0. The zero-order valence-electron chi connectivity index (χ0n) is 13.1. The lowest BCUT2D eigenvalue weighted by Gasteiger charge is -2.09. The highest BCUT2D eigenvalue weighted by atomic mass is 14.1. The lowest BCUT2D eigenvalue weighted by Crippen LogP contribution is -1.92. The Hall–Kier alpha value is -1.82. The second-order valence-electron chi connectivity index (χ2n) is 4.78. The van der Waals surface area contributed by atoms with E-state index in [1.807, 2.05) is 13.8 Å². The SMILES string of the molecule is CC.CC(C=CC(C)c1ccccc1)c1ccccc1. The molecular formula is C20H26. The molecule has 2 aromatic rings. The topological polar surface area (TPSA) is 0 Å². The van der Waals surface area contributed by atoms with Gasteiger partial charge in [0, 0.05) is 0 Å². The predicted molar refractivity (Wildman–Crippen MR) is 90.2 cm³/mol. The van der Waals surface area contributed by atoms with Crippen LogP contribution in [0.25, 0.3) is 0 Å². The second-order valence-corrected chi connectivity index (χ2v) is 4.78. The summed E-state index contributed by atoms with van der Waals surface area (Å²) in [6, 6.07) is 21.2. The Kier molecular flexibility index (Phi) is 7.42. The first-order chi connectivity index (χ1) is 9.77. The average molecular weight is 266 g/mol. The molecule has 0 radical (unpaired) electrons. The van der Waals surface area contributed by atoms with E-state index in [0.29, 0.717) is 11.8 Å². The molecule has 0 saturated heterocycles. The summed E-state index contributed by atoms with van der Waals surface area (Å²) in [5.74, 6) is 0.940. The molecule has 0 N–H and O–H groups in total. The normalized spacial score (nSPS) is 13.4. The van der Waals surface area contributed by atoms with Crippen molar-refractivity contribution in [1.29, 1.82) is 0 Å². The first-order valence-electron chi connectivity index (χ1n) is 7.55. The fraction of sp³-hybridized carbons (Fsp3) is 0.300. The van der Waals surface area contributed by atoms with Crippen molar-refractivity contribution in [3.05, 3.63) is 83.9 Å². The van der Waals surface area contributed by atoms with Crippen LogP contribution in [0.1, 0.15) is 50.7 Å². The molecule has 0 amide bonds. The number of benzene rings is 2. The monoisotopic (exact) mass is 266 g/mol. The molecule has 0 aromatic heterocycles. The van der Waals surface area contributed by atoms with Crippen molar-refractivity contribution in [3.63, 3.8) is 0 Å². The third kappa shape index (κ3) is 5.05. The van der Waals surface area contributed by atoms with Crippen molar-refractivity contribution in [2.24, 2.45) is 0 Å². The number of rotatable bonds is 4. The van der Waals surface area contributed by atoms with Crippen LogP contribution < -0.4 is 0 Å². The summed E-state index contributed by atoms with van der Waals surface area (Å²) < 4.78 is 0. The molecule has 0 aliphatic heterocycles. The zero-order chi connectivity index (χ0) is 14.8. The van der Waals surface area contributed by atoms with Gasteiger partial charge in [-0.05, 0) is 23.0 Å². The van der Waals surface area contributed by atoms with Crippen LogP contribution >= 0.6 is 0 Å². The van der Waals surface area contributed by atoms with E-state index in [-0.39, 0.29) is 0 Å². The van der Waals surface area contributed by atoms with Crippen LogP contribution in [0.15, 0.2) is 72.8 Å². The molecule has 2 atom stereocenters. The van der Waals surface area contributed by atoms with Crippen molar-refractivity contribution < 1.29 is 0 Å². The molecule has 0 fully saturated rings. The summed E-state index contributed by atoms with van der Waals surface area (Å²) >= 11 is 0. The van der Waals surface area contributed by atoms with Crippen LogP contribution in [0.3, 0.4) is 0 Å². The van der Waals surface area contributed by atoms with E-state index < -0.39 is 0 Å². The van der Waals surface area contributed by atoms with Gasteiger partial charge in [-0.2, -0.15) is 0 Å². The largest absolute Gasteiger partial charge is 0.0807 e. The van der Waals surface area contributed by atoms with Gasteiger partial charge in [0.1, 0.15) is 0 Å². The summed E-state index contributed by atoms with van der Waals surface area (Å²) in [5, 5.41) is 0. The van der Waals surface area contributed by atoms with Gasteiger partial charge in [0.2, 0.25) is 0 Å². The smallest absolute Gasteiger partial charge is 0.00102 e. The first kappa shape index (κ1) is 16.2. The van der Waals surface area contributed by atoms with E-state index in [4.69, 9.17) is 0 Å². The van der Waals surface area contributed by atoms with Crippen molar-refractivity contribution in [2.45, 2.75) is 39.5 Å². The molecule has 0 saturated carbocycles. The lowest BCUT2D eigenvalue weighted by atomic mass is 9.96. The Bertz CT molecular complexity index is 434. The van der Waals surface area contributed by atoms with Gasteiger partial charge in [0.25, 0.3) is 0 Å². The van der Waals surface area contributed by atoms with Crippen LogP contribution in [-0.4, -0.2) is 0 Å². The Morgan fingerprint density at radius 3 is 1.20 bits per heavy atom. The summed E-state index contributed by atoms with van der Waals surface area (Å²) in [6.07, 6.45) is 4.60. The van der Waals surface area contributed by atoms with Gasteiger partial charge in [-0.3, -0.25) is 0 Å². The van der Waals surface area contributed by atoms with Crippen molar-refractivity contribution >= 4 is 0 Å². The Labute approximate surface area is 124 Å². The van der Waals surface area contributed by atoms with E-state index in [1.165, 1.54) is 11.1 Å². The summed E-state index contributed by atoms with van der Waals surface area (Å²) in [5.41, 5.74) is 2.74. The minimum Gasteiger partial charge on any atom is -0.0807 e. The molecule has 0 nitrogen and oxygen atoms in total. The zero-order valence-corrected chi connectivity index (χ0v) is 13.1. The molecule has 0 spiro atoms. The molecular weight excluding hydrogens is 240 g/mol. The highest BCUT2D eigenvalue weighted by molar-refractivity contribution is 5.26. The number of allylic oxidation sites excluding steroid dienone is 2. The standard InChI is InChI=1S/C18H20.C2H6/c1-15(17-9-5-3-6-10-17)13-14-16(2)18-11-7-4-8-12-18;1-2/h3-16H,1-2H3;1-2H3. The molecule has 106 valence electrons. The Morgan fingerprint density at radius 2 is 0.900 bits per heavy atom. The minimum atomic E-state index is 0.470. The molecule has 0 aliphatic carbocycles. The van der Waals surface area contributed by atoms with Crippen molar-refractivity contribution in [1.82, 2.24) is 0 Å². The van der Waals surface area contributed by atoms with Crippen LogP contribution in [0.4, 0.5) is 0 Å². The van der Waals surface area contributed by atoms with Crippen molar-refractivity contribution in [2.75, 3.05) is 0 Å². The maximum Gasteiger partial charge on any atom is -0.00102 e. The second kappa shape index (κ2) is 9.14. The molecule has 0 aliphatic rings. The van der Waals surface area contributed by atoms with E-state index in [9.17, 15) is 0 Å². The molecule has 2 unspecified atom stereocenters. The van der Waals surface area contributed by atoms with Crippen LogP contribution in [-0.2, 0) is 0 Å². The average Bonchev–Trinajstić information content (AvgIpc) is 2.55. The van der Waals surface area contributed by atoms with Crippen LogP contribution in [0.5, 0.6) is 0 Å². The van der Waals surface area contributed by atoms with Gasteiger partial charge in [-0.25, -0.2) is 0 Å². The minimum absolute atomic E-state index is 0.470. The van der Waals surface area contributed by atoms with E-state index in [2.05, 4.69) is 86.7 Å². The summed E-state index contributed by atoms with van der Waals surface area (Å²) in [6.45, 7) is 8.48. The highest BCUT2D eigenvalue weighted by Gasteiger charge is 2.03. The Balaban J connectivity index is 0.000000956. The highest BCUT2D eigenvalue weighted by Crippen LogP contribution is 2.20. The van der Waals surface area contributed by atoms with E-state index >= 15 is 0 Å². The quantitative estimate of drug-likeness (QED) is 0.580. The molecule has 2 rings (SSSR count). The van der Waals surface area contributed by atoms with Crippen molar-refractivity contribution in [3.8, 4) is 0 Å². The third-order valence-electron chi connectivity index (χ3n) is 3.34. The fourth-order valence-electron chi connectivity index (χ4n) is 2.07. The predicted octanol–water partition coefficient (Wildman–Crippen LogP) is 6.18. The summed E-state index contributed by atoms with van der Waals surface area (Å²) in [7, 11) is 0. The van der Waals surface area contributed by atoms with Gasteiger partial charge in [0.05, 0.1) is 0 Å². The molecule has 0 heterocycles. The Morgan fingerprint density at radius 1 is 0.600 bits per heavy atom. The molecule has 20 heavy (non-hydrogen) atoms. The van der Waals surface area contributed by atoms with E-state index in [1.54, 1.807) is 0 Å². The van der Waals surface area contributed by atoms with Gasteiger partial charge in [-0.1, -0.05) is 101 Å². The molecule has 2 aromatic carbocycles. The number of hydrogen-bond acceptors (Lipinski definition) is 0. The van der Waals surface area contributed by atoms with Crippen LogP contribution in [0.2, 0.25) is 0 Å². The number of hydrogen-bond donors (Lipinski definition) is 0. The fourth-order valence-corrected chi connectivity index (χ4v) is 2.07. The van der Waals surface area contributed by atoms with E-state index in [0.717, 1.165) is 0 Å². The molecule has 0 bridgehead atoms. The van der Waals surface area contributed by atoms with Gasteiger partial charge in [0.15, 0.2) is 0 Å². The lowest BCUT2D eigenvalue weighted by molar-refractivity contribution is 0.914. The third-order valence-corrected chi connectivity index (χ3v) is 3.34. The van der Waals surface area contributed by atoms with Gasteiger partial charge < -0.3 is 0 Å².